The lowest BCUT2D eigenvalue weighted by molar-refractivity contribution is 0.0963. The third-order valence-corrected chi connectivity index (χ3v) is 4.12. The highest BCUT2D eigenvalue weighted by atomic mass is 127. The van der Waals surface area contributed by atoms with E-state index in [9.17, 15) is 4.79 Å². The SMILES string of the molecule is CCOC(=O)N1CCC(NC(N)=NCc2ccsc2)CC1.I. The molecule has 0 atom stereocenters. The van der Waals surface area contributed by atoms with E-state index in [1.807, 2.05) is 18.4 Å². The number of piperidine rings is 1. The highest BCUT2D eigenvalue weighted by molar-refractivity contribution is 14.0. The van der Waals surface area contributed by atoms with Crippen molar-refractivity contribution >= 4 is 47.4 Å². The molecule has 0 spiro atoms. The Hall–Kier alpha value is -1.03. The smallest absolute Gasteiger partial charge is 0.409 e. The molecule has 22 heavy (non-hydrogen) atoms. The van der Waals surface area contributed by atoms with Crippen LogP contribution in [0.3, 0.4) is 0 Å². The van der Waals surface area contributed by atoms with Gasteiger partial charge in [-0.05, 0) is 42.2 Å². The van der Waals surface area contributed by atoms with Crippen LogP contribution in [-0.2, 0) is 11.3 Å². The number of nitrogens with zero attached hydrogens (tertiary/aromatic N) is 2. The lowest BCUT2D eigenvalue weighted by Crippen LogP contribution is -2.48. The van der Waals surface area contributed by atoms with Crippen LogP contribution in [0.25, 0.3) is 0 Å². The fraction of sp³-hybridized carbons (Fsp3) is 0.571. The van der Waals surface area contributed by atoms with Gasteiger partial charge in [-0.15, -0.1) is 24.0 Å². The molecule has 1 aromatic heterocycles. The normalized spacial score (nSPS) is 16.0. The number of guanidine groups is 1. The van der Waals surface area contributed by atoms with E-state index in [2.05, 4.69) is 15.7 Å². The second-order valence-electron chi connectivity index (χ2n) is 4.94. The zero-order valence-electron chi connectivity index (χ0n) is 12.7. The molecule has 1 fully saturated rings. The summed E-state index contributed by atoms with van der Waals surface area (Å²) in [5, 5.41) is 7.32. The fourth-order valence-corrected chi connectivity index (χ4v) is 2.89. The summed E-state index contributed by atoms with van der Waals surface area (Å²) in [5.74, 6) is 0.468. The van der Waals surface area contributed by atoms with Gasteiger partial charge in [-0.25, -0.2) is 9.79 Å². The molecule has 6 nitrogen and oxygen atoms in total. The summed E-state index contributed by atoms with van der Waals surface area (Å²) in [4.78, 5) is 17.7. The van der Waals surface area contributed by atoms with Gasteiger partial charge in [0.25, 0.3) is 0 Å². The number of aliphatic imine (C=N–C) groups is 1. The average molecular weight is 438 g/mol. The maximum Gasteiger partial charge on any atom is 0.409 e. The lowest BCUT2D eigenvalue weighted by atomic mass is 10.1. The number of likely N-dealkylation sites (tertiary alicyclic amines) is 1. The summed E-state index contributed by atoms with van der Waals surface area (Å²) in [6.45, 7) is 4.21. The first-order valence-electron chi connectivity index (χ1n) is 7.18. The number of nitrogens with two attached hydrogens (primary N) is 1. The maximum atomic E-state index is 11.6. The molecule has 0 radical (unpaired) electrons. The minimum absolute atomic E-state index is 0. The van der Waals surface area contributed by atoms with Gasteiger partial charge in [0, 0.05) is 19.1 Å². The number of amides is 1. The maximum absolute atomic E-state index is 11.6. The van der Waals surface area contributed by atoms with Crippen LogP contribution in [0, 0.1) is 0 Å². The van der Waals surface area contributed by atoms with Gasteiger partial charge in [0.2, 0.25) is 0 Å². The summed E-state index contributed by atoms with van der Waals surface area (Å²) in [6, 6.07) is 2.31. The average Bonchev–Trinajstić information content (AvgIpc) is 2.99. The Morgan fingerprint density at radius 2 is 2.27 bits per heavy atom. The number of carbonyl (C=O) groups is 1. The van der Waals surface area contributed by atoms with Crippen molar-refractivity contribution in [2.24, 2.45) is 10.7 Å². The predicted octanol–water partition coefficient (Wildman–Crippen LogP) is 2.39. The van der Waals surface area contributed by atoms with Crippen LogP contribution in [0.2, 0.25) is 0 Å². The van der Waals surface area contributed by atoms with Gasteiger partial charge >= 0.3 is 6.09 Å². The number of ether oxygens (including phenoxy) is 1. The van der Waals surface area contributed by atoms with E-state index in [4.69, 9.17) is 10.5 Å². The molecule has 3 N–H and O–H groups in total. The number of nitrogens with one attached hydrogen (secondary N) is 1. The van der Waals surface area contributed by atoms with Crippen molar-refractivity contribution < 1.29 is 9.53 Å². The Morgan fingerprint density at radius 3 is 2.86 bits per heavy atom. The van der Waals surface area contributed by atoms with Crippen molar-refractivity contribution in [3.8, 4) is 0 Å². The van der Waals surface area contributed by atoms with Gasteiger partial charge in [0.05, 0.1) is 13.2 Å². The quantitative estimate of drug-likeness (QED) is 0.430. The van der Waals surface area contributed by atoms with E-state index in [-0.39, 0.29) is 36.1 Å². The first-order chi connectivity index (χ1) is 10.2. The van der Waals surface area contributed by atoms with Gasteiger partial charge in [-0.2, -0.15) is 11.3 Å². The molecule has 0 saturated carbocycles. The molecule has 1 saturated heterocycles. The van der Waals surface area contributed by atoms with Crippen LogP contribution in [0.15, 0.2) is 21.8 Å². The van der Waals surface area contributed by atoms with Crippen molar-refractivity contribution in [2.75, 3.05) is 19.7 Å². The minimum atomic E-state index is -0.227. The van der Waals surface area contributed by atoms with Crippen molar-refractivity contribution in [2.45, 2.75) is 32.4 Å². The largest absolute Gasteiger partial charge is 0.450 e. The van der Waals surface area contributed by atoms with Crippen LogP contribution >= 0.6 is 35.3 Å². The van der Waals surface area contributed by atoms with E-state index in [1.165, 1.54) is 5.56 Å². The van der Waals surface area contributed by atoms with Gasteiger partial charge in [0.15, 0.2) is 5.96 Å². The van der Waals surface area contributed by atoms with Crippen LogP contribution in [0.1, 0.15) is 25.3 Å². The van der Waals surface area contributed by atoms with E-state index >= 15 is 0 Å². The van der Waals surface area contributed by atoms with Crippen molar-refractivity contribution in [1.82, 2.24) is 10.2 Å². The number of rotatable bonds is 4. The molecular weight excluding hydrogens is 415 g/mol. The van der Waals surface area contributed by atoms with E-state index in [1.54, 1.807) is 16.2 Å². The van der Waals surface area contributed by atoms with Gasteiger partial charge < -0.3 is 20.7 Å². The zero-order valence-corrected chi connectivity index (χ0v) is 15.8. The number of halogens is 1. The molecule has 0 aliphatic carbocycles. The van der Waals surface area contributed by atoms with Crippen LogP contribution in [-0.4, -0.2) is 42.7 Å². The first-order valence-corrected chi connectivity index (χ1v) is 8.12. The number of hydrogen-bond donors (Lipinski definition) is 2. The van der Waals surface area contributed by atoms with Crippen LogP contribution < -0.4 is 11.1 Å². The Labute approximate surface area is 152 Å². The molecule has 1 aliphatic heterocycles. The van der Waals surface area contributed by atoms with Crippen molar-refractivity contribution in [3.63, 3.8) is 0 Å². The molecule has 2 heterocycles. The van der Waals surface area contributed by atoms with Crippen molar-refractivity contribution in [3.05, 3.63) is 22.4 Å². The Morgan fingerprint density at radius 1 is 1.55 bits per heavy atom. The predicted molar refractivity (Wildman–Crippen MR) is 99.8 cm³/mol. The summed E-state index contributed by atoms with van der Waals surface area (Å²) in [7, 11) is 0. The van der Waals surface area contributed by atoms with E-state index in [0.29, 0.717) is 32.2 Å². The van der Waals surface area contributed by atoms with Crippen molar-refractivity contribution in [1.29, 1.82) is 0 Å². The Kier molecular flexibility index (Phi) is 8.54. The molecule has 0 bridgehead atoms. The second-order valence-corrected chi connectivity index (χ2v) is 5.72. The third-order valence-electron chi connectivity index (χ3n) is 3.39. The van der Waals surface area contributed by atoms with Gasteiger partial charge in [-0.3, -0.25) is 0 Å². The van der Waals surface area contributed by atoms with Gasteiger partial charge in [-0.1, -0.05) is 0 Å². The summed E-state index contributed by atoms with van der Waals surface area (Å²) in [6.07, 6.45) is 1.48. The molecule has 0 aromatic carbocycles. The standard InChI is InChI=1S/C14H22N4O2S.HI/c1-2-20-14(19)18-6-3-12(4-7-18)17-13(15)16-9-11-5-8-21-10-11;/h5,8,10,12H,2-4,6-7,9H2,1H3,(H3,15,16,17);1H. The van der Waals surface area contributed by atoms with Gasteiger partial charge in [0.1, 0.15) is 0 Å². The second kappa shape index (κ2) is 9.88. The molecule has 8 heteroatoms. The third kappa shape index (κ3) is 5.99. The fourth-order valence-electron chi connectivity index (χ4n) is 2.24. The Bertz CT molecular complexity index is 473. The molecular formula is C14H23IN4O2S. The highest BCUT2D eigenvalue weighted by Crippen LogP contribution is 2.11. The first kappa shape index (κ1) is 19.0. The van der Waals surface area contributed by atoms with E-state index < -0.39 is 0 Å². The number of thiophene rings is 1. The lowest BCUT2D eigenvalue weighted by Gasteiger charge is -2.31. The molecule has 0 unspecified atom stereocenters. The number of hydrogen-bond acceptors (Lipinski definition) is 4. The minimum Gasteiger partial charge on any atom is -0.450 e. The monoisotopic (exact) mass is 438 g/mol. The Balaban J connectivity index is 0.00000242. The summed E-state index contributed by atoms with van der Waals surface area (Å²) < 4.78 is 5.00. The molecule has 124 valence electrons. The zero-order chi connectivity index (χ0) is 15.1. The number of carbonyl (C=O) groups excluding carboxylic acids is 1. The highest BCUT2D eigenvalue weighted by Gasteiger charge is 2.23. The van der Waals surface area contributed by atoms with E-state index in [0.717, 1.165) is 12.8 Å². The molecule has 1 amide bonds. The topological polar surface area (TPSA) is 80.0 Å². The summed E-state index contributed by atoms with van der Waals surface area (Å²) >= 11 is 1.65. The molecule has 2 rings (SSSR count). The summed E-state index contributed by atoms with van der Waals surface area (Å²) in [5.41, 5.74) is 7.07. The molecule has 1 aliphatic rings. The van der Waals surface area contributed by atoms with Crippen LogP contribution in [0.4, 0.5) is 4.79 Å². The van der Waals surface area contributed by atoms with Crippen LogP contribution in [0.5, 0.6) is 0 Å². The molecule has 1 aromatic rings.